The molecule has 0 saturated heterocycles. The number of hydrogen-bond acceptors (Lipinski definition) is 5. The number of aromatic nitrogens is 2. The number of halogens is 2. The first kappa shape index (κ1) is 17.6. The van der Waals surface area contributed by atoms with Crippen LogP contribution in [0.1, 0.15) is 16.8 Å². The molecule has 1 aromatic heterocycles. The number of hydrogen-bond donors (Lipinski definition) is 3. The van der Waals surface area contributed by atoms with Gasteiger partial charge in [-0.1, -0.05) is 18.1 Å². The molecule has 0 aliphatic rings. The van der Waals surface area contributed by atoms with Gasteiger partial charge in [0, 0.05) is 17.8 Å². The van der Waals surface area contributed by atoms with Gasteiger partial charge in [0.05, 0.1) is 4.47 Å². The average Bonchev–Trinajstić information content (AvgIpc) is 3.12. The summed E-state index contributed by atoms with van der Waals surface area (Å²) in [6.07, 6.45) is 5.33. The Bertz CT molecular complexity index is 978. The number of rotatable bonds is 5. The van der Waals surface area contributed by atoms with Gasteiger partial charge in [0.2, 0.25) is 5.82 Å². The van der Waals surface area contributed by atoms with E-state index in [9.17, 15) is 4.39 Å². The number of anilines is 2. The van der Waals surface area contributed by atoms with Crippen LogP contribution in [0.4, 0.5) is 15.9 Å². The summed E-state index contributed by atoms with van der Waals surface area (Å²) in [5.74, 6) is 2.46. The summed E-state index contributed by atoms with van der Waals surface area (Å²) in [5, 5.41) is 21.6. The van der Waals surface area contributed by atoms with Crippen molar-refractivity contribution in [3.05, 3.63) is 69.6 Å². The minimum atomic E-state index is -0.386. The molecule has 0 bridgehead atoms. The fourth-order valence-electron chi connectivity index (χ4n) is 2.15. The van der Waals surface area contributed by atoms with Gasteiger partial charge < -0.3 is 10.6 Å². The van der Waals surface area contributed by atoms with Gasteiger partial charge in [-0.05, 0) is 62.1 Å². The highest BCUT2D eigenvalue weighted by Gasteiger charge is 2.15. The van der Waals surface area contributed by atoms with E-state index in [4.69, 9.17) is 16.5 Å². The number of nitrogens with zero attached hydrogens (tertiary/aromatic N) is 2. The molecule has 0 fully saturated rings. The second kappa shape index (κ2) is 7.80. The van der Waals surface area contributed by atoms with Gasteiger partial charge in [-0.2, -0.15) is 0 Å². The first-order valence-electron chi connectivity index (χ1n) is 7.50. The molecule has 1 heterocycles. The molecule has 130 valence electrons. The van der Waals surface area contributed by atoms with E-state index in [-0.39, 0.29) is 17.3 Å². The summed E-state index contributed by atoms with van der Waals surface area (Å²) in [6.45, 7) is 0.460. The van der Waals surface area contributed by atoms with Crippen molar-refractivity contribution in [1.82, 2.24) is 10.3 Å². The molecular weight excluding hydrogens is 401 g/mol. The Morgan fingerprint density at radius 3 is 2.69 bits per heavy atom. The summed E-state index contributed by atoms with van der Waals surface area (Å²) in [6, 6.07) is 11.8. The molecule has 3 N–H and O–H groups in total. The molecule has 2 aromatic carbocycles. The highest BCUT2D eigenvalue weighted by Crippen LogP contribution is 2.21. The Hall–Kier alpha value is -3.18. The fraction of sp³-hybridized carbons (Fsp3) is 0.0556. The summed E-state index contributed by atoms with van der Waals surface area (Å²) < 4.78 is 18.3. The van der Waals surface area contributed by atoms with Crippen molar-refractivity contribution >= 4 is 33.3 Å². The van der Waals surface area contributed by atoms with Crippen LogP contribution in [0.25, 0.3) is 0 Å². The minimum Gasteiger partial charge on any atom is -0.361 e. The van der Waals surface area contributed by atoms with Gasteiger partial charge in [-0.25, -0.2) is 9.02 Å². The second-order valence-corrected chi connectivity index (χ2v) is 6.14. The molecule has 0 aliphatic carbocycles. The van der Waals surface area contributed by atoms with E-state index in [0.717, 1.165) is 11.1 Å². The van der Waals surface area contributed by atoms with Crippen molar-refractivity contribution in [1.29, 1.82) is 5.41 Å². The molecule has 0 spiro atoms. The molecule has 0 aliphatic heterocycles. The zero-order chi connectivity index (χ0) is 18.5. The van der Waals surface area contributed by atoms with Crippen molar-refractivity contribution in [3.63, 3.8) is 0 Å². The highest BCUT2D eigenvalue weighted by atomic mass is 79.9. The molecule has 0 amide bonds. The van der Waals surface area contributed by atoms with E-state index in [2.05, 4.69) is 42.8 Å². The lowest BCUT2D eigenvalue weighted by Crippen LogP contribution is -2.15. The highest BCUT2D eigenvalue weighted by molar-refractivity contribution is 9.10. The maximum atomic E-state index is 13.3. The normalized spacial score (nSPS) is 10.2. The van der Waals surface area contributed by atoms with Crippen LogP contribution in [0.15, 0.2) is 51.6 Å². The first-order valence-corrected chi connectivity index (χ1v) is 8.29. The van der Waals surface area contributed by atoms with Crippen molar-refractivity contribution in [2.24, 2.45) is 0 Å². The molecule has 0 atom stereocenters. The minimum absolute atomic E-state index is 0.0325. The van der Waals surface area contributed by atoms with Crippen LogP contribution in [0.3, 0.4) is 0 Å². The Morgan fingerprint density at radius 2 is 2.00 bits per heavy atom. The third-order valence-corrected chi connectivity index (χ3v) is 4.10. The van der Waals surface area contributed by atoms with Gasteiger partial charge in [0.1, 0.15) is 5.82 Å². The van der Waals surface area contributed by atoms with Gasteiger partial charge >= 0.3 is 0 Å². The van der Waals surface area contributed by atoms with Crippen LogP contribution in [-0.2, 0) is 6.54 Å². The number of benzene rings is 2. The van der Waals surface area contributed by atoms with E-state index >= 15 is 0 Å². The van der Waals surface area contributed by atoms with E-state index in [1.54, 1.807) is 0 Å². The van der Waals surface area contributed by atoms with Crippen LogP contribution in [0.5, 0.6) is 0 Å². The molecule has 0 saturated carbocycles. The Balaban J connectivity index is 1.68. The Morgan fingerprint density at radius 1 is 1.23 bits per heavy atom. The maximum Gasteiger partial charge on any atom is 0.202 e. The van der Waals surface area contributed by atoms with Gasteiger partial charge in [0.25, 0.3) is 0 Å². The van der Waals surface area contributed by atoms with Crippen LogP contribution in [0, 0.1) is 23.6 Å². The molecule has 3 aromatic rings. The van der Waals surface area contributed by atoms with E-state index in [1.807, 2.05) is 24.3 Å². The lowest BCUT2D eigenvalue weighted by atomic mass is 10.1. The van der Waals surface area contributed by atoms with Crippen LogP contribution in [-0.4, -0.2) is 16.1 Å². The third-order valence-electron chi connectivity index (χ3n) is 3.49. The maximum absolute atomic E-state index is 13.3. The van der Waals surface area contributed by atoms with Gasteiger partial charge in [-0.3, -0.25) is 5.41 Å². The standard InChI is InChI=1S/C18H13BrFN5O/c1-2-11-3-5-12(6-4-11)10-22-18-16(24-26-25-18)17(21)23-13-7-8-15(20)14(19)9-13/h1,3-9H,10H2,(H2,21,23)(H,22,25). The Kier molecular flexibility index (Phi) is 5.29. The molecule has 0 radical (unpaired) electrons. The van der Waals surface area contributed by atoms with Crippen molar-refractivity contribution in [2.75, 3.05) is 10.6 Å². The lowest BCUT2D eigenvalue weighted by Gasteiger charge is -2.08. The number of nitrogens with one attached hydrogen (secondary N) is 3. The second-order valence-electron chi connectivity index (χ2n) is 5.29. The van der Waals surface area contributed by atoms with Gasteiger partial charge in [-0.15, -0.1) is 6.42 Å². The lowest BCUT2D eigenvalue weighted by molar-refractivity contribution is 0.307. The van der Waals surface area contributed by atoms with Crippen molar-refractivity contribution in [2.45, 2.75) is 6.54 Å². The van der Waals surface area contributed by atoms with E-state index in [1.165, 1.54) is 18.2 Å². The van der Waals surface area contributed by atoms with Crippen molar-refractivity contribution in [3.8, 4) is 12.3 Å². The van der Waals surface area contributed by atoms with Crippen molar-refractivity contribution < 1.29 is 9.02 Å². The molecule has 26 heavy (non-hydrogen) atoms. The van der Waals surface area contributed by atoms with E-state index < -0.39 is 0 Å². The zero-order valence-corrected chi connectivity index (χ0v) is 15.0. The summed E-state index contributed by atoms with van der Waals surface area (Å²) in [5.41, 5.74) is 2.53. The van der Waals surface area contributed by atoms with E-state index in [0.29, 0.717) is 22.5 Å². The summed E-state index contributed by atoms with van der Waals surface area (Å²) in [4.78, 5) is 0. The summed E-state index contributed by atoms with van der Waals surface area (Å²) in [7, 11) is 0. The molecule has 8 heteroatoms. The summed E-state index contributed by atoms with van der Waals surface area (Å²) >= 11 is 3.10. The smallest absolute Gasteiger partial charge is 0.202 e. The fourth-order valence-corrected chi connectivity index (χ4v) is 2.53. The third kappa shape index (κ3) is 4.07. The topological polar surface area (TPSA) is 86.8 Å². The molecular formula is C18H13BrFN5O. The number of terminal acetylenes is 1. The predicted octanol–water partition coefficient (Wildman–Crippen LogP) is 4.00. The van der Waals surface area contributed by atoms with Crippen LogP contribution in [0.2, 0.25) is 0 Å². The first-order chi connectivity index (χ1) is 12.6. The average molecular weight is 414 g/mol. The Labute approximate surface area is 157 Å². The van der Waals surface area contributed by atoms with Gasteiger partial charge in [0.15, 0.2) is 11.5 Å². The van der Waals surface area contributed by atoms with Crippen LogP contribution >= 0.6 is 15.9 Å². The molecule has 0 unspecified atom stereocenters. The predicted molar refractivity (Wildman–Crippen MR) is 101 cm³/mol. The monoisotopic (exact) mass is 413 g/mol. The quantitative estimate of drug-likeness (QED) is 0.334. The molecule has 3 rings (SSSR count). The largest absolute Gasteiger partial charge is 0.361 e. The number of amidine groups is 1. The zero-order valence-electron chi connectivity index (χ0n) is 13.4. The van der Waals surface area contributed by atoms with Crippen LogP contribution < -0.4 is 10.6 Å². The molecule has 6 nitrogen and oxygen atoms in total. The SMILES string of the molecule is C#Cc1ccc(CNc2nonc2C(=N)Nc2ccc(F)c(Br)c2)cc1.